The molecular weight excluding hydrogens is 388 g/mol. The average Bonchev–Trinajstić information content (AvgIpc) is 2.80. The summed E-state index contributed by atoms with van der Waals surface area (Å²) in [6.07, 6.45) is 10.8. The van der Waals surface area contributed by atoms with Crippen molar-refractivity contribution >= 4 is 23.1 Å². The van der Waals surface area contributed by atoms with Crippen LogP contribution in [0.3, 0.4) is 0 Å². The molecule has 4 heterocycles. The highest BCUT2D eigenvalue weighted by atomic mass is 16.5. The first-order valence-corrected chi connectivity index (χ1v) is 11.1. The number of nitrogens with one attached hydrogen (secondary N) is 3. The lowest BCUT2D eigenvalue weighted by atomic mass is 9.95. The van der Waals surface area contributed by atoms with Gasteiger partial charge in [-0.05, 0) is 92.6 Å². The topological polar surface area (TPSA) is 84.0 Å². The van der Waals surface area contributed by atoms with Gasteiger partial charge in [0.05, 0.1) is 18.5 Å². The molecule has 3 aromatic rings. The van der Waals surface area contributed by atoms with Gasteiger partial charge >= 0.3 is 0 Å². The molecule has 0 saturated carbocycles. The molecular formula is C24H28N6O. The Morgan fingerprint density at radius 3 is 2.84 bits per heavy atom. The van der Waals surface area contributed by atoms with E-state index in [-0.39, 0.29) is 0 Å². The van der Waals surface area contributed by atoms with Crippen LogP contribution in [-0.2, 0) is 12.8 Å². The fourth-order valence-corrected chi connectivity index (χ4v) is 4.24. The molecule has 1 aromatic carbocycles. The third kappa shape index (κ3) is 5.11. The standard InChI is InChI=1S/C24H28N6O/c1-2-19-14-20(3-4-22(19)31-12-8-17-5-9-25-10-6-17)28-23-7-11-27-24(30-23)29-21-13-18(1)15-26-16-21/h3-4,7,11,13-17,25H,1-2,5-6,8-10,12H2,(H2,27,28,29,30). The van der Waals surface area contributed by atoms with Crippen molar-refractivity contribution in [2.24, 2.45) is 5.92 Å². The van der Waals surface area contributed by atoms with Gasteiger partial charge in [0, 0.05) is 18.1 Å². The fourth-order valence-electron chi connectivity index (χ4n) is 4.24. The minimum atomic E-state index is 0.543. The molecule has 160 valence electrons. The Labute approximate surface area is 182 Å². The van der Waals surface area contributed by atoms with Gasteiger partial charge in [-0.2, -0.15) is 4.98 Å². The van der Waals surface area contributed by atoms with E-state index in [2.05, 4.69) is 55.2 Å². The maximum Gasteiger partial charge on any atom is 0.229 e. The number of hydrogen-bond acceptors (Lipinski definition) is 7. The van der Waals surface area contributed by atoms with Gasteiger partial charge in [-0.15, -0.1) is 0 Å². The van der Waals surface area contributed by atoms with Crippen LogP contribution in [-0.4, -0.2) is 34.6 Å². The van der Waals surface area contributed by atoms with Crippen LogP contribution in [0.4, 0.5) is 23.1 Å². The summed E-state index contributed by atoms with van der Waals surface area (Å²) < 4.78 is 6.27. The fraction of sp³-hybridized carbons (Fsp3) is 0.375. The van der Waals surface area contributed by atoms with Crippen LogP contribution >= 0.6 is 0 Å². The minimum absolute atomic E-state index is 0.543. The summed E-state index contributed by atoms with van der Waals surface area (Å²) in [5.74, 6) is 3.02. The van der Waals surface area contributed by atoms with E-state index < -0.39 is 0 Å². The first-order valence-electron chi connectivity index (χ1n) is 11.1. The van der Waals surface area contributed by atoms with Gasteiger partial charge in [0.1, 0.15) is 11.6 Å². The van der Waals surface area contributed by atoms with Crippen molar-refractivity contribution in [2.45, 2.75) is 32.1 Å². The van der Waals surface area contributed by atoms with Gasteiger partial charge in [-0.25, -0.2) is 4.98 Å². The Morgan fingerprint density at radius 2 is 1.90 bits per heavy atom. The number of fused-ring (bicyclic) bond motifs is 6. The number of anilines is 4. The lowest BCUT2D eigenvalue weighted by molar-refractivity contribution is 0.250. The number of benzene rings is 1. The second-order valence-corrected chi connectivity index (χ2v) is 8.25. The third-order valence-corrected chi connectivity index (χ3v) is 5.96. The van der Waals surface area contributed by atoms with E-state index in [0.29, 0.717) is 5.95 Å². The minimum Gasteiger partial charge on any atom is -0.493 e. The quantitative estimate of drug-likeness (QED) is 0.587. The molecule has 0 unspecified atom stereocenters. The number of hydrogen-bond donors (Lipinski definition) is 3. The Balaban J connectivity index is 1.38. The summed E-state index contributed by atoms with van der Waals surface area (Å²) in [5.41, 5.74) is 4.25. The van der Waals surface area contributed by atoms with Crippen molar-refractivity contribution in [3.8, 4) is 5.75 Å². The summed E-state index contributed by atoms with van der Waals surface area (Å²) >= 11 is 0. The van der Waals surface area contributed by atoms with E-state index >= 15 is 0 Å². The summed E-state index contributed by atoms with van der Waals surface area (Å²) in [7, 11) is 0. The first kappa shape index (κ1) is 19.8. The van der Waals surface area contributed by atoms with Gasteiger partial charge in [-0.3, -0.25) is 4.98 Å². The molecule has 6 bridgehead atoms. The number of rotatable bonds is 4. The summed E-state index contributed by atoms with van der Waals surface area (Å²) in [5, 5.41) is 10.1. The summed E-state index contributed by atoms with van der Waals surface area (Å²) in [6, 6.07) is 10.3. The van der Waals surface area contributed by atoms with Crippen LogP contribution in [0.25, 0.3) is 0 Å². The van der Waals surface area contributed by atoms with E-state index in [1.807, 2.05) is 12.3 Å². The first-order chi connectivity index (χ1) is 15.3. The van der Waals surface area contributed by atoms with E-state index in [1.165, 1.54) is 24.0 Å². The van der Waals surface area contributed by atoms with Crippen LogP contribution in [0.1, 0.15) is 30.4 Å². The highest BCUT2D eigenvalue weighted by Crippen LogP contribution is 2.28. The Bertz CT molecular complexity index is 1030. The van der Waals surface area contributed by atoms with E-state index in [9.17, 15) is 0 Å². The van der Waals surface area contributed by atoms with Crippen molar-refractivity contribution in [3.63, 3.8) is 0 Å². The molecule has 2 aliphatic rings. The lowest BCUT2D eigenvalue weighted by Crippen LogP contribution is -2.28. The molecule has 3 N–H and O–H groups in total. The van der Waals surface area contributed by atoms with E-state index in [0.717, 1.165) is 67.8 Å². The summed E-state index contributed by atoms with van der Waals surface area (Å²) in [4.78, 5) is 13.3. The molecule has 1 fully saturated rings. The van der Waals surface area contributed by atoms with Gasteiger partial charge in [0.2, 0.25) is 5.95 Å². The van der Waals surface area contributed by atoms with E-state index in [4.69, 9.17) is 4.74 Å². The molecule has 2 aliphatic heterocycles. The second kappa shape index (κ2) is 9.31. The highest BCUT2D eigenvalue weighted by Gasteiger charge is 2.14. The smallest absolute Gasteiger partial charge is 0.229 e. The SMILES string of the molecule is c1cc2nc(n1)Nc1cncc(c1)CCc1cc(ccc1OCCC1CCNCC1)N2. The number of piperidine rings is 1. The van der Waals surface area contributed by atoms with Gasteiger partial charge in [-0.1, -0.05) is 0 Å². The third-order valence-electron chi connectivity index (χ3n) is 5.96. The van der Waals surface area contributed by atoms with Crippen LogP contribution < -0.4 is 20.7 Å². The van der Waals surface area contributed by atoms with Crippen LogP contribution in [0.5, 0.6) is 5.75 Å². The van der Waals surface area contributed by atoms with Crippen molar-refractivity contribution in [1.29, 1.82) is 0 Å². The Kier molecular flexibility index (Phi) is 5.93. The predicted octanol–water partition coefficient (Wildman–Crippen LogP) is 4.23. The average molecular weight is 417 g/mol. The highest BCUT2D eigenvalue weighted by molar-refractivity contribution is 5.62. The zero-order chi connectivity index (χ0) is 20.9. The van der Waals surface area contributed by atoms with Crippen LogP contribution in [0.2, 0.25) is 0 Å². The molecule has 0 radical (unpaired) electrons. The number of aryl methyl sites for hydroxylation is 2. The number of nitrogens with zero attached hydrogens (tertiary/aromatic N) is 3. The molecule has 0 amide bonds. The van der Waals surface area contributed by atoms with Crippen LogP contribution in [0.15, 0.2) is 48.9 Å². The zero-order valence-corrected chi connectivity index (χ0v) is 17.6. The molecule has 0 aliphatic carbocycles. The molecule has 7 nitrogen and oxygen atoms in total. The van der Waals surface area contributed by atoms with Gasteiger partial charge in [0.15, 0.2) is 0 Å². The molecule has 0 spiro atoms. The number of ether oxygens (including phenoxy) is 1. The molecule has 1 saturated heterocycles. The molecule has 0 atom stereocenters. The Hall–Kier alpha value is -3.19. The molecule has 5 rings (SSSR count). The molecule has 2 aromatic heterocycles. The maximum atomic E-state index is 6.27. The van der Waals surface area contributed by atoms with Crippen molar-refractivity contribution in [3.05, 3.63) is 60.0 Å². The lowest BCUT2D eigenvalue weighted by Gasteiger charge is -2.23. The zero-order valence-electron chi connectivity index (χ0n) is 17.6. The molecule has 7 heteroatoms. The maximum absolute atomic E-state index is 6.27. The summed E-state index contributed by atoms with van der Waals surface area (Å²) in [6.45, 7) is 3.02. The monoisotopic (exact) mass is 416 g/mol. The molecule has 31 heavy (non-hydrogen) atoms. The van der Waals surface area contributed by atoms with Gasteiger partial charge < -0.3 is 20.7 Å². The largest absolute Gasteiger partial charge is 0.493 e. The van der Waals surface area contributed by atoms with E-state index in [1.54, 1.807) is 12.4 Å². The normalized spacial score (nSPS) is 16.1. The Morgan fingerprint density at radius 1 is 0.968 bits per heavy atom. The number of aromatic nitrogens is 3. The van der Waals surface area contributed by atoms with Crippen molar-refractivity contribution < 1.29 is 4.74 Å². The van der Waals surface area contributed by atoms with Gasteiger partial charge in [0.25, 0.3) is 0 Å². The van der Waals surface area contributed by atoms with Crippen molar-refractivity contribution in [2.75, 3.05) is 30.3 Å². The van der Waals surface area contributed by atoms with Crippen molar-refractivity contribution in [1.82, 2.24) is 20.3 Å². The van der Waals surface area contributed by atoms with Crippen LogP contribution in [0, 0.1) is 5.92 Å². The second-order valence-electron chi connectivity index (χ2n) is 8.25. The number of pyridine rings is 1. The predicted molar refractivity (Wildman–Crippen MR) is 122 cm³/mol.